The van der Waals surface area contributed by atoms with Crippen molar-refractivity contribution in [1.29, 1.82) is 0 Å². The second-order valence-corrected chi connectivity index (χ2v) is 2.89. The molecule has 1 aromatic heterocycles. The average Bonchev–Trinajstić information content (AvgIpc) is 2.19. The summed E-state index contributed by atoms with van der Waals surface area (Å²) in [7, 11) is 0. The highest BCUT2D eigenvalue weighted by molar-refractivity contribution is 5.59. The highest BCUT2D eigenvalue weighted by Gasteiger charge is 1.99. The third-order valence-corrected chi connectivity index (χ3v) is 1.88. The van der Waals surface area contributed by atoms with Crippen LogP contribution in [0.15, 0.2) is 42.5 Å². The third-order valence-electron chi connectivity index (χ3n) is 1.88. The Balaban J connectivity index is 2.44. The number of phenolic OH excluding ortho intramolecular Hbond substituents is 1. The average molecular weight is 189 g/mol. The van der Waals surface area contributed by atoms with E-state index in [0.717, 1.165) is 5.56 Å². The molecule has 0 spiro atoms. The molecule has 0 saturated heterocycles. The maximum Gasteiger partial charge on any atom is 0.213 e. The maximum atomic E-state index is 12.8. The molecule has 14 heavy (non-hydrogen) atoms. The van der Waals surface area contributed by atoms with Gasteiger partial charge in [-0.15, -0.1) is 0 Å². The lowest BCUT2D eigenvalue weighted by atomic mass is 10.1. The molecule has 0 aliphatic heterocycles. The zero-order chi connectivity index (χ0) is 9.97. The molecular weight excluding hydrogens is 181 g/mol. The molecule has 1 N–H and O–H groups in total. The van der Waals surface area contributed by atoms with Crippen LogP contribution >= 0.6 is 0 Å². The van der Waals surface area contributed by atoms with E-state index in [1.807, 2.05) is 0 Å². The summed E-state index contributed by atoms with van der Waals surface area (Å²) in [6.45, 7) is 0. The fourth-order valence-corrected chi connectivity index (χ4v) is 1.20. The summed E-state index contributed by atoms with van der Waals surface area (Å²) in [6, 6.07) is 11.1. The normalized spacial score (nSPS) is 10.1. The Morgan fingerprint density at radius 3 is 2.36 bits per heavy atom. The minimum atomic E-state index is -0.504. The molecule has 2 rings (SSSR count). The van der Waals surface area contributed by atoms with Crippen LogP contribution < -0.4 is 0 Å². The first-order valence-corrected chi connectivity index (χ1v) is 4.18. The fourth-order valence-electron chi connectivity index (χ4n) is 1.20. The van der Waals surface area contributed by atoms with Crippen LogP contribution in [-0.2, 0) is 0 Å². The van der Waals surface area contributed by atoms with Gasteiger partial charge in [-0.1, -0.05) is 6.07 Å². The number of halogens is 1. The van der Waals surface area contributed by atoms with Crippen molar-refractivity contribution >= 4 is 0 Å². The largest absolute Gasteiger partial charge is 0.508 e. The van der Waals surface area contributed by atoms with E-state index in [1.165, 1.54) is 6.07 Å². The monoisotopic (exact) mass is 189 g/mol. The zero-order valence-corrected chi connectivity index (χ0v) is 7.31. The first-order valence-electron chi connectivity index (χ1n) is 4.18. The second kappa shape index (κ2) is 3.46. The lowest BCUT2D eigenvalue weighted by Gasteiger charge is -2.00. The van der Waals surface area contributed by atoms with E-state index in [9.17, 15) is 4.39 Å². The highest BCUT2D eigenvalue weighted by Crippen LogP contribution is 2.19. The van der Waals surface area contributed by atoms with Crippen LogP contribution in [0.4, 0.5) is 4.39 Å². The van der Waals surface area contributed by atoms with Gasteiger partial charge in [0.1, 0.15) is 5.75 Å². The number of nitrogens with zero attached hydrogens (tertiary/aromatic N) is 1. The van der Waals surface area contributed by atoms with Gasteiger partial charge >= 0.3 is 0 Å². The van der Waals surface area contributed by atoms with Gasteiger partial charge in [-0.2, -0.15) is 4.39 Å². The summed E-state index contributed by atoms with van der Waals surface area (Å²) in [5, 5.41) is 9.06. The van der Waals surface area contributed by atoms with Gasteiger partial charge in [0.2, 0.25) is 5.95 Å². The molecule has 0 bridgehead atoms. The number of hydrogen-bond acceptors (Lipinski definition) is 2. The van der Waals surface area contributed by atoms with Gasteiger partial charge in [-0.05, 0) is 36.4 Å². The van der Waals surface area contributed by atoms with Crippen LogP contribution in [0.2, 0.25) is 0 Å². The topological polar surface area (TPSA) is 33.1 Å². The van der Waals surface area contributed by atoms with E-state index in [4.69, 9.17) is 5.11 Å². The molecule has 0 aliphatic rings. The molecular formula is C11H8FNO. The van der Waals surface area contributed by atoms with Crippen LogP contribution in [0, 0.1) is 5.95 Å². The van der Waals surface area contributed by atoms with Gasteiger partial charge in [0.25, 0.3) is 0 Å². The number of aromatic nitrogens is 1. The molecule has 0 amide bonds. The SMILES string of the molecule is Oc1ccc(-c2cccc(F)n2)cc1. The molecule has 0 radical (unpaired) electrons. The Morgan fingerprint density at radius 1 is 1.00 bits per heavy atom. The van der Waals surface area contributed by atoms with Gasteiger partial charge in [-0.25, -0.2) is 4.98 Å². The Kier molecular flexibility index (Phi) is 2.14. The summed E-state index contributed by atoms with van der Waals surface area (Å²) in [4.78, 5) is 3.72. The standard InChI is InChI=1S/C11H8FNO/c12-11-3-1-2-10(13-11)8-4-6-9(14)7-5-8/h1-7,14H. The van der Waals surface area contributed by atoms with Crippen molar-refractivity contribution in [2.45, 2.75) is 0 Å². The van der Waals surface area contributed by atoms with Gasteiger partial charge in [-0.3, -0.25) is 0 Å². The van der Waals surface area contributed by atoms with Crippen LogP contribution in [0.5, 0.6) is 5.75 Å². The molecule has 1 heterocycles. The Morgan fingerprint density at radius 2 is 1.71 bits per heavy atom. The second-order valence-electron chi connectivity index (χ2n) is 2.89. The number of pyridine rings is 1. The van der Waals surface area contributed by atoms with Crippen molar-refractivity contribution in [3.63, 3.8) is 0 Å². The van der Waals surface area contributed by atoms with Crippen LogP contribution in [0.1, 0.15) is 0 Å². The predicted octanol–water partition coefficient (Wildman–Crippen LogP) is 2.59. The molecule has 0 atom stereocenters. The maximum absolute atomic E-state index is 12.8. The number of hydrogen-bond donors (Lipinski definition) is 1. The van der Waals surface area contributed by atoms with E-state index in [0.29, 0.717) is 5.69 Å². The summed E-state index contributed by atoms with van der Waals surface area (Å²) < 4.78 is 12.8. The predicted molar refractivity (Wildman–Crippen MR) is 51.3 cm³/mol. The summed E-state index contributed by atoms with van der Waals surface area (Å²) in [5.74, 6) is -0.319. The summed E-state index contributed by atoms with van der Waals surface area (Å²) in [5.41, 5.74) is 1.34. The summed E-state index contributed by atoms with van der Waals surface area (Å²) in [6.07, 6.45) is 0. The van der Waals surface area contributed by atoms with Crippen molar-refractivity contribution in [2.24, 2.45) is 0 Å². The highest BCUT2D eigenvalue weighted by atomic mass is 19.1. The number of rotatable bonds is 1. The van der Waals surface area contributed by atoms with Gasteiger partial charge < -0.3 is 5.11 Å². The minimum absolute atomic E-state index is 0.185. The van der Waals surface area contributed by atoms with Crippen molar-refractivity contribution in [1.82, 2.24) is 4.98 Å². The zero-order valence-electron chi connectivity index (χ0n) is 7.31. The first-order chi connectivity index (χ1) is 6.75. The van der Waals surface area contributed by atoms with Crippen LogP contribution in [0.3, 0.4) is 0 Å². The molecule has 0 saturated carbocycles. The van der Waals surface area contributed by atoms with E-state index < -0.39 is 5.95 Å². The van der Waals surface area contributed by atoms with Gasteiger partial charge in [0, 0.05) is 5.56 Å². The lowest BCUT2D eigenvalue weighted by molar-refractivity contribution is 0.475. The quantitative estimate of drug-likeness (QED) is 0.699. The van der Waals surface area contributed by atoms with Gasteiger partial charge in [0.15, 0.2) is 0 Å². The first kappa shape index (κ1) is 8.69. The van der Waals surface area contributed by atoms with E-state index >= 15 is 0 Å². The number of benzene rings is 1. The van der Waals surface area contributed by atoms with Crippen molar-refractivity contribution in [2.75, 3.05) is 0 Å². The van der Waals surface area contributed by atoms with Crippen LogP contribution in [0.25, 0.3) is 11.3 Å². The smallest absolute Gasteiger partial charge is 0.213 e. The van der Waals surface area contributed by atoms with E-state index in [-0.39, 0.29) is 5.75 Å². The van der Waals surface area contributed by atoms with Gasteiger partial charge in [0.05, 0.1) is 5.69 Å². The molecule has 1 aromatic carbocycles. The van der Waals surface area contributed by atoms with E-state index in [2.05, 4.69) is 4.98 Å². The number of phenols is 1. The molecule has 3 heteroatoms. The van der Waals surface area contributed by atoms with Crippen molar-refractivity contribution < 1.29 is 9.50 Å². The summed E-state index contributed by atoms with van der Waals surface area (Å²) >= 11 is 0. The van der Waals surface area contributed by atoms with Crippen molar-refractivity contribution in [3.05, 3.63) is 48.4 Å². The van der Waals surface area contributed by atoms with Crippen LogP contribution in [-0.4, -0.2) is 10.1 Å². The molecule has 70 valence electrons. The number of aromatic hydroxyl groups is 1. The minimum Gasteiger partial charge on any atom is -0.508 e. The fraction of sp³-hybridized carbons (Fsp3) is 0. The van der Waals surface area contributed by atoms with Crippen molar-refractivity contribution in [3.8, 4) is 17.0 Å². The lowest BCUT2D eigenvalue weighted by Crippen LogP contribution is -1.85. The molecule has 0 unspecified atom stereocenters. The van der Waals surface area contributed by atoms with E-state index in [1.54, 1.807) is 36.4 Å². The Labute approximate surface area is 80.7 Å². The molecule has 2 nitrogen and oxygen atoms in total. The molecule has 0 fully saturated rings. The Hall–Kier alpha value is -1.90. The third kappa shape index (κ3) is 1.71. The molecule has 0 aliphatic carbocycles. The molecule has 2 aromatic rings. The Bertz CT molecular complexity index is 439.